The molecular weight excluding hydrogens is 428 g/mol. The van der Waals surface area contributed by atoms with E-state index in [1.807, 2.05) is 0 Å². The molecule has 0 bridgehead atoms. The van der Waals surface area contributed by atoms with E-state index in [-0.39, 0.29) is 18.4 Å². The fourth-order valence-corrected chi connectivity index (χ4v) is 3.91. The highest BCUT2D eigenvalue weighted by molar-refractivity contribution is 5.96. The molecule has 1 saturated heterocycles. The molecule has 1 aliphatic rings. The zero-order valence-corrected chi connectivity index (χ0v) is 20.3. The van der Waals surface area contributed by atoms with Crippen molar-refractivity contribution in [1.29, 1.82) is 0 Å². The second-order valence-electron chi connectivity index (χ2n) is 8.72. The largest absolute Gasteiger partial charge is 0.494 e. The van der Waals surface area contributed by atoms with Crippen molar-refractivity contribution in [3.05, 3.63) is 65.7 Å². The fourth-order valence-electron chi connectivity index (χ4n) is 3.91. The van der Waals surface area contributed by atoms with Gasteiger partial charge in [-0.3, -0.25) is 14.5 Å². The standard InChI is InChI=1S/C27H38N4O3/c1-2-3-20-34-25-12-10-24(11-13-25)27(33)29-21-26(32)28-14-7-15-30-16-18-31(19-17-30)22-23-8-5-4-6-9-23/h4-6,8-13H,2-3,7,14-22H2,1H3,(H,28,32)(H,29,33). The van der Waals surface area contributed by atoms with Crippen molar-refractivity contribution < 1.29 is 14.3 Å². The maximum atomic E-state index is 12.3. The predicted molar refractivity (Wildman–Crippen MR) is 135 cm³/mol. The van der Waals surface area contributed by atoms with Gasteiger partial charge in [-0.25, -0.2) is 0 Å². The molecular formula is C27H38N4O3. The van der Waals surface area contributed by atoms with Gasteiger partial charge in [0.15, 0.2) is 0 Å². The number of carbonyl (C=O) groups is 2. The molecule has 3 rings (SSSR count). The number of piperazine rings is 1. The van der Waals surface area contributed by atoms with Gasteiger partial charge in [0.1, 0.15) is 5.75 Å². The lowest BCUT2D eigenvalue weighted by Gasteiger charge is -2.34. The van der Waals surface area contributed by atoms with Crippen LogP contribution in [0, 0.1) is 0 Å². The van der Waals surface area contributed by atoms with Crippen molar-refractivity contribution in [3.63, 3.8) is 0 Å². The predicted octanol–water partition coefficient (Wildman–Crippen LogP) is 2.92. The van der Waals surface area contributed by atoms with Crippen LogP contribution in [0.3, 0.4) is 0 Å². The fraction of sp³-hybridized carbons (Fsp3) is 0.481. The van der Waals surface area contributed by atoms with Crippen LogP contribution in [0.5, 0.6) is 5.75 Å². The minimum Gasteiger partial charge on any atom is -0.494 e. The molecule has 0 aliphatic carbocycles. The quantitative estimate of drug-likeness (QED) is 0.444. The number of amides is 2. The molecule has 1 fully saturated rings. The highest BCUT2D eigenvalue weighted by atomic mass is 16.5. The Kier molecular flexibility index (Phi) is 10.9. The van der Waals surface area contributed by atoms with E-state index in [0.29, 0.717) is 18.7 Å². The first kappa shape index (κ1) is 25.7. The number of nitrogens with one attached hydrogen (secondary N) is 2. The van der Waals surface area contributed by atoms with E-state index in [2.05, 4.69) is 57.7 Å². The summed E-state index contributed by atoms with van der Waals surface area (Å²) in [5.41, 5.74) is 1.88. The van der Waals surface area contributed by atoms with Crippen molar-refractivity contribution in [3.8, 4) is 5.75 Å². The minimum absolute atomic E-state index is 0.0221. The van der Waals surface area contributed by atoms with Gasteiger partial charge >= 0.3 is 0 Å². The van der Waals surface area contributed by atoms with Crippen molar-refractivity contribution in [1.82, 2.24) is 20.4 Å². The highest BCUT2D eigenvalue weighted by Gasteiger charge is 2.16. The minimum atomic E-state index is -0.261. The van der Waals surface area contributed by atoms with Gasteiger partial charge in [0.2, 0.25) is 5.91 Å². The number of hydrogen-bond donors (Lipinski definition) is 2. The second-order valence-corrected chi connectivity index (χ2v) is 8.72. The van der Waals surface area contributed by atoms with Crippen LogP contribution < -0.4 is 15.4 Å². The Morgan fingerprint density at radius 3 is 2.29 bits per heavy atom. The third-order valence-corrected chi connectivity index (χ3v) is 5.98. The van der Waals surface area contributed by atoms with Crippen LogP contribution >= 0.6 is 0 Å². The summed E-state index contributed by atoms with van der Waals surface area (Å²) in [6.45, 7) is 9.60. The van der Waals surface area contributed by atoms with Gasteiger partial charge in [0.05, 0.1) is 13.2 Å². The van der Waals surface area contributed by atoms with E-state index in [9.17, 15) is 9.59 Å². The molecule has 0 aromatic heterocycles. The van der Waals surface area contributed by atoms with Gasteiger partial charge in [-0.05, 0) is 49.2 Å². The number of unbranched alkanes of at least 4 members (excludes halogenated alkanes) is 1. The number of rotatable bonds is 13. The van der Waals surface area contributed by atoms with Gasteiger partial charge in [0, 0.05) is 44.8 Å². The molecule has 7 nitrogen and oxygen atoms in total. The van der Waals surface area contributed by atoms with Crippen molar-refractivity contribution >= 4 is 11.8 Å². The van der Waals surface area contributed by atoms with Crippen LogP contribution in [0.4, 0.5) is 0 Å². The van der Waals surface area contributed by atoms with E-state index < -0.39 is 0 Å². The molecule has 0 spiro atoms. The number of benzene rings is 2. The normalized spacial score (nSPS) is 14.5. The second kappa shape index (κ2) is 14.4. The number of ether oxygens (including phenoxy) is 1. The van der Waals surface area contributed by atoms with Crippen molar-refractivity contribution in [2.75, 3.05) is 52.4 Å². The molecule has 1 aliphatic heterocycles. The van der Waals surface area contributed by atoms with Gasteiger partial charge in [-0.1, -0.05) is 43.7 Å². The Balaban J connectivity index is 1.23. The summed E-state index contributed by atoms with van der Waals surface area (Å²) in [6, 6.07) is 17.6. The topological polar surface area (TPSA) is 73.9 Å². The Morgan fingerprint density at radius 1 is 0.882 bits per heavy atom. The van der Waals surface area contributed by atoms with Crippen LogP contribution in [-0.4, -0.2) is 74.0 Å². The Hall–Kier alpha value is -2.90. The first-order chi connectivity index (χ1) is 16.6. The molecule has 1 heterocycles. The summed E-state index contributed by atoms with van der Waals surface area (Å²) in [5, 5.41) is 5.58. The van der Waals surface area contributed by atoms with Gasteiger partial charge in [0.25, 0.3) is 5.91 Å². The average molecular weight is 467 g/mol. The molecule has 2 amide bonds. The Morgan fingerprint density at radius 2 is 1.59 bits per heavy atom. The third-order valence-electron chi connectivity index (χ3n) is 5.98. The summed E-state index contributed by atoms with van der Waals surface area (Å²) in [5.74, 6) is 0.324. The first-order valence-corrected chi connectivity index (χ1v) is 12.4. The molecule has 0 saturated carbocycles. The van der Waals surface area contributed by atoms with E-state index in [1.165, 1.54) is 5.56 Å². The molecule has 2 aromatic rings. The average Bonchev–Trinajstić information content (AvgIpc) is 2.87. The van der Waals surface area contributed by atoms with Crippen molar-refractivity contribution in [2.24, 2.45) is 0 Å². The van der Waals surface area contributed by atoms with Crippen LogP contribution in [0.2, 0.25) is 0 Å². The summed E-state index contributed by atoms with van der Waals surface area (Å²) in [4.78, 5) is 29.3. The maximum Gasteiger partial charge on any atom is 0.251 e. The Labute approximate surface area is 203 Å². The van der Waals surface area contributed by atoms with Crippen molar-refractivity contribution in [2.45, 2.75) is 32.7 Å². The van der Waals surface area contributed by atoms with E-state index in [1.54, 1.807) is 24.3 Å². The first-order valence-electron chi connectivity index (χ1n) is 12.4. The molecule has 7 heteroatoms. The molecule has 184 valence electrons. The lowest BCUT2D eigenvalue weighted by molar-refractivity contribution is -0.120. The zero-order valence-electron chi connectivity index (χ0n) is 20.3. The molecule has 34 heavy (non-hydrogen) atoms. The monoisotopic (exact) mass is 466 g/mol. The smallest absolute Gasteiger partial charge is 0.251 e. The van der Waals surface area contributed by atoms with E-state index in [4.69, 9.17) is 4.74 Å². The molecule has 0 unspecified atom stereocenters. The van der Waals surface area contributed by atoms with Crippen LogP contribution in [0.1, 0.15) is 42.1 Å². The lowest BCUT2D eigenvalue weighted by atomic mass is 10.2. The van der Waals surface area contributed by atoms with Crippen LogP contribution in [0.15, 0.2) is 54.6 Å². The SMILES string of the molecule is CCCCOc1ccc(C(=O)NCC(=O)NCCCN2CCN(Cc3ccccc3)CC2)cc1. The maximum absolute atomic E-state index is 12.3. The molecule has 2 aromatic carbocycles. The summed E-state index contributed by atoms with van der Waals surface area (Å²) >= 11 is 0. The highest BCUT2D eigenvalue weighted by Crippen LogP contribution is 2.13. The van der Waals surface area contributed by atoms with Gasteiger partial charge < -0.3 is 20.3 Å². The molecule has 2 N–H and O–H groups in total. The van der Waals surface area contributed by atoms with E-state index in [0.717, 1.165) is 64.3 Å². The third kappa shape index (κ3) is 9.15. The Bertz CT molecular complexity index is 865. The molecule has 0 atom stereocenters. The summed E-state index contributed by atoms with van der Waals surface area (Å²) in [7, 11) is 0. The van der Waals surface area contributed by atoms with E-state index >= 15 is 0 Å². The molecule has 0 radical (unpaired) electrons. The lowest BCUT2D eigenvalue weighted by Crippen LogP contribution is -2.46. The number of nitrogens with zero attached hydrogens (tertiary/aromatic N) is 2. The van der Waals surface area contributed by atoms with Gasteiger partial charge in [-0.15, -0.1) is 0 Å². The summed E-state index contributed by atoms with van der Waals surface area (Å²) < 4.78 is 5.61. The summed E-state index contributed by atoms with van der Waals surface area (Å²) in [6.07, 6.45) is 2.98. The number of carbonyl (C=O) groups excluding carboxylic acids is 2. The number of hydrogen-bond acceptors (Lipinski definition) is 5. The zero-order chi connectivity index (χ0) is 24.0. The van der Waals surface area contributed by atoms with Crippen LogP contribution in [0.25, 0.3) is 0 Å². The van der Waals surface area contributed by atoms with Gasteiger partial charge in [-0.2, -0.15) is 0 Å². The van der Waals surface area contributed by atoms with Crippen LogP contribution in [-0.2, 0) is 11.3 Å².